The fraction of sp³-hybridized carbons (Fsp3) is 0.556. The number of carboxylic acids is 2. The Morgan fingerprint density at radius 2 is 1.79 bits per heavy atom. The molecule has 0 bridgehead atoms. The minimum atomic E-state index is -1.37. The van der Waals surface area contributed by atoms with E-state index in [1.807, 2.05) is 0 Å². The van der Waals surface area contributed by atoms with Crippen LogP contribution in [0.1, 0.15) is 6.42 Å². The molecule has 0 aromatic heterocycles. The monoisotopic (exact) mass is 293 g/mol. The number of carbonyl (C=O) groups is 4. The van der Waals surface area contributed by atoms with E-state index < -0.39 is 48.8 Å². The number of nitrogens with one attached hydrogen (secondary N) is 2. The van der Waals surface area contributed by atoms with Gasteiger partial charge in [-0.2, -0.15) is 12.6 Å². The number of hydrogen-bond donors (Lipinski definition) is 6. The maximum atomic E-state index is 11.4. The van der Waals surface area contributed by atoms with E-state index in [0.717, 1.165) is 0 Å². The van der Waals surface area contributed by atoms with Crippen LogP contribution in [0.5, 0.6) is 0 Å². The van der Waals surface area contributed by atoms with Gasteiger partial charge in [-0.1, -0.05) is 0 Å². The highest BCUT2D eigenvalue weighted by molar-refractivity contribution is 7.80. The van der Waals surface area contributed by atoms with Gasteiger partial charge in [0.15, 0.2) is 0 Å². The van der Waals surface area contributed by atoms with Gasteiger partial charge in [-0.15, -0.1) is 0 Å². The summed E-state index contributed by atoms with van der Waals surface area (Å²) in [5.41, 5.74) is 5.15. The third kappa shape index (κ3) is 7.26. The number of rotatable bonds is 8. The van der Waals surface area contributed by atoms with Crippen LogP contribution >= 0.6 is 12.6 Å². The second kappa shape index (κ2) is 8.32. The van der Waals surface area contributed by atoms with Crippen LogP contribution in [0.25, 0.3) is 0 Å². The standard InChI is InChI=1S/C9H15N3O6S/c10-4(9(17)18)1-6(13)12-5(3-19)8(16)11-2-7(14)15/h4-5,19H,1-3,10H2,(H,11,16)(H,12,13)(H,14,15)(H,17,18). The molecule has 6 N–H and O–H groups in total. The van der Waals surface area contributed by atoms with Crippen LogP contribution in [0, 0.1) is 0 Å². The fourth-order valence-corrected chi connectivity index (χ4v) is 1.28. The molecule has 0 saturated heterocycles. The predicted octanol–water partition coefficient (Wildman–Crippen LogP) is -2.60. The zero-order valence-corrected chi connectivity index (χ0v) is 10.7. The lowest BCUT2D eigenvalue weighted by Gasteiger charge is -2.16. The van der Waals surface area contributed by atoms with Crippen molar-refractivity contribution in [1.82, 2.24) is 10.6 Å². The van der Waals surface area contributed by atoms with E-state index in [1.165, 1.54) is 0 Å². The molecule has 0 aliphatic heterocycles. The van der Waals surface area contributed by atoms with Crippen molar-refractivity contribution in [3.63, 3.8) is 0 Å². The van der Waals surface area contributed by atoms with E-state index in [9.17, 15) is 19.2 Å². The van der Waals surface area contributed by atoms with E-state index in [2.05, 4.69) is 23.3 Å². The SMILES string of the molecule is NC(CC(=O)NC(CS)C(=O)NCC(=O)O)C(=O)O. The Hall–Kier alpha value is -1.81. The molecule has 2 unspecified atom stereocenters. The normalized spacial score (nSPS) is 13.2. The smallest absolute Gasteiger partial charge is 0.322 e. The molecule has 0 spiro atoms. The quantitative estimate of drug-likeness (QED) is 0.268. The fourth-order valence-electron chi connectivity index (χ4n) is 1.02. The Morgan fingerprint density at radius 3 is 2.21 bits per heavy atom. The first-order valence-corrected chi connectivity index (χ1v) is 5.79. The molecule has 0 radical (unpaired) electrons. The second-order valence-corrected chi connectivity index (χ2v) is 3.93. The van der Waals surface area contributed by atoms with Crippen LogP contribution < -0.4 is 16.4 Å². The minimum absolute atomic E-state index is 0.0699. The number of hydrogen-bond acceptors (Lipinski definition) is 6. The Labute approximate surface area is 113 Å². The number of thiol groups is 1. The molecule has 19 heavy (non-hydrogen) atoms. The molecule has 10 heteroatoms. The number of nitrogens with two attached hydrogens (primary N) is 1. The van der Waals surface area contributed by atoms with Crippen molar-refractivity contribution >= 4 is 36.4 Å². The topological polar surface area (TPSA) is 159 Å². The molecule has 0 rings (SSSR count). The van der Waals surface area contributed by atoms with Crippen LogP contribution in [0.4, 0.5) is 0 Å². The Bertz CT molecular complexity index is 375. The summed E-state index contributed by atoms with van der Waals surface area (Å²) in [6.45, 7) is -0.590. The molecular formula is C9H15N3O6S. The van der Waals surface area contributed by atoms with E-state index in [1.54, 1.807) is 0 Å². The highest BCUT2D eigenvalue weighted by Gasteiger charge is 2.22. The third-order valence-electron chi connectivity index (χ3n) is 1.97. The number of carbonyl (C=O) groups excluding carboxylic acids is 2. The first kappa shape index (κ1) is 17.2. The molecule has 9 nitrogen and oxygen atoms in total. The summed E-state index contributed by atoms with van der Waals surface area (Å²) in [5, 5.41) is 21.2. The summed E-state index contributed by atoms with van der Waals surface area (Å²) < 4.78 is 0. The average Bonchev–Trinajstić information content (AvgIpc) is 2.32. The van der Waals surface area contributed by atoms with Gasteiger partial charge in [-0.05, 0) is 0 Å². The molecule has 0 aromatic rings. The Kier molecular flexibility index (Phi) is 7.53. The molecule has 2 atom stereocenters. The lowest BCUT2D eigenvalue weighted by Crippen LogP contribution is -2.50. The number of carboxylic acid groups (broad SMARTS) is 2. The van der Waals surface area contributed by atoms with Gasteiger partial charge in [-0.25, -0.2) is 0 Å². The lowest BCUT2D eigenvalue weighted by atomic mass is 10.2. The van der Waals surface area contributed by atoms with E-state index in [4.69, 9.17) is 15.9 Å². The zero-order valence-electron chi connectivity index (χ0n) is 9.83. The van der Waals surface area contributed by atoms with Crippen LogP contribution in [-0.4, -0.2) is 58.3 Å². The van der Waals surface area contributed by atoms with Gasteiger partial charge in [0.2, 0.25) is 11.8 Å². The summed E-state index contributed by atoms with van der Waals surface area (Å²) in [7, 11) is 0. The molecule has 108 valence electrons. The van der Waals surface area contributed by atoms with Crippen molar-refractivity contribution in [1.29, 1.82) is 0 Å². The minimum Gasteiger partial charge on any atom is -0.480 e. The maximum Gasteiger partial charge on any atom is 0.322 e. The highest BCUT2D eigenvalue weighted by Crippen LogP contribution is 1.93. The van der Waals surface area contributed by atoms with Crippen LogP contribution in [0.2, 0.25) is 0 Å². The van der Waals surface area contributed by atoms with Crippen molar-refractivity contribution < 1.29 is 29.4 Å². The van der Waals surface area contributed by atoms with E-state index in [-0.39, 0.29) is 5.75 Å². The summed E-state index contributed by atoms with van der Waals surface area (Å²) >= 11 is 3.83. The van der Waals surface area contributed by atoms with Gasteiger partial charge in [0.25, 0.3) is 0 Å². The predicted molar refractivity (Wildman–Crippen MR) is 66.7 cm³/mol. The van der Waals surface area contributed by atoms with Gasteiger partial charge in [-0.3, -0.25) is 19.2 Å². The molecular weight excluding hydrogens is 278 g/mol. The van der Waals surface area contributed by atoms with E-state index >= 15 is 0 Å². The van der Waals surface area contributed by atoms with Crippen LogP contribution in [0.15, 0.2) is 0 Å². The third-order valence-corrected chi connectivity index (χ3v) is 2.34. The summed E-state index contributed by atoms with van der Waals surface area (Å²) in [5.74, 6) is -4.10. The zero-order chi connectivity index (χ0) is 15.0. The average molecular weight is 293 g/mol. The van der Waals surface area contributed by atoms with Crippen molar-refractivity contribution in [2.45, 2.75) is 18.5 Å². The molecule has 0 saturated carbocycles. The van der Waals surface area contributed by atoms with Crippen LogP contribution in [0.3, 0.4) is 0 Å². The molecule has 0 aliphatic carbocycles. The molecule has 0 fully saturated rings. The van der Waals surface area contributed by atoms with Crippen molar-refractivity contribution in [3.8, 4) is 0 Å². The maximum absolute atomic E-state index is 11.4. The summed E-state index contributed by atoms with van der Waals surface area (Å²) in [4.78, 5) is 43.5. The van der Waals surface area contributed by atoms with Gasteiger partial charge in [0.1, 0.15) is 18.6 Å². The number of amides is 2. The number of aliphatic carboxylic acids is 2. The highest BCUT2D eigenvalue weighted by atomic mass is 32.1. The van der Waals surface area contributed by atoms with Crippen molar-refractivity contribution in [3.05, 3.63) is 0 Å². The van der Waals surface area contributed by atoms with Gasteiger partial charge < -0.3 is 26.6 Å². The lowest BCUT2D eigenvalue weighted by molar-refractivity contribution is -0.141. The first-order valence-electron chi connectivity index (χ1n) is 5.16. The molecule has 0 aromatic carbocycles. The Morgan fingerprint density at radius 1 is 1.21 bits per heavy atom. The Balaban J connectivity index is 4.31. The van der Waals surface area contributed by atoms with Crippen molar-refractivity contribution in [2.75, 3.05) is 12.3 Å². The summed E-state index contributed by atoms with van der Waals surface area (Å²) in [6, 6.07) is -2.43. The van der Waals surface area contributed by atoms with Gasteiger partial charge >= 0.3 is 11.9 Å². The molecule has 2 amide bonds. The summed E-state index contributed by atoms with van der Waals surface area (Å²) in [6.07, 6.45) is -0.494. The largest absolute Gasteiger partial charge is 0.480 e. The first-order chi connectivity index (χ1) is 8.77. The van der Waals surface area contributed by atoms with Gasteiger partial charge in [0, 0.05) is 5.75 Å². The molecule has 0 aliphatic rings. The van der Waals surface area contributed by atoms with Crippen molar-refractivity contribution in [2.24, 2.45) is 5.73 Å². The molecule has 0 heterocycles. The second-order valence-electron chi connectivity index (χ2n) is 3.56. The van der Waals surface area contributed by atoms with Crippen LogP contribution in [-0.2, 0) is 19.2 Å². The van der Waals surface area contributed by atoms with Gasteiger partial charge in [0.05, 0.1) is 6.42 Å². The van der Waals surface area contributed by atoms with E-state index in [0.29, 0.717) is 0 Å².